The number of benzene rings is 4. The molecule has 0 spiro atoms. The first-order valence-electron chi connectivity index (χ1n) is 13.0. The molecule has 186 valence electrons. The predicted molar refractivity (Wildman–Crippen MR) is 150 cm³/mol. The summed E-state index contributed by atoms with van der Waals surface area (Å²) in [6, 6.07) is 38.1. The molecular weight excluding hydrogens is 440 g/mol. The summed E-state index contributed by atoms with van der Waals surface area (Å²) in [4.78, 5) is 0. The van der Waals surface area contributed by atoms with Crippen molar-refractivity contribution in [1.29, 1.82) is 0 Å². The van der Waals surface area contributed by atoms with Crippen LogP contribution >= 0.6 is 0 Å². The van der Waals surface area contributed by atoms with Gasteiger partial charge in [0.2, 0.25) is 6.29 Å². The average molecular weight is 479 g/mol. The van der Waals surface area contributed by atoms with E-state index < -0.39 is 0 Å². The van der Waals surface area contributed by atoms with Crippen LogP contribution in [0.2, 0.25) is 0 Å². The van der Waals surface area contributed by atoms with Crippen LogP contribution in [0.5, 0.6) is 11.5 Å². The molecule has 0 unspecified atom stereocenters. The van der Waals surface area contributed by atoms with E-state index in [1.165, 1.54) is 22.3 Å². The fourth-order valence-electron chi connectivity index (χ4n) is 4.62. The third kappa shape index (κ3) is 5.82. The Morgan fingerprint density at radius 2 is 0.833 bits per heavy atom. The molecule has 0 aromatic heterocycles. The summed E-state index contributed by atoms with van der Waals surface area (Å²) in [5.41, 5.74) is 4.95. The van der Waals surface area contributed by atoms with Crippen LogP contribution in [0.15, 0.2) is 109 Å². The lowest BCUT2D eigenvalue weighted by molar-refractivity contribution is -0.00107. The Hall–Kier alpha value is -3.52. The summed E-state index contributed by atoms with van der Waals surface area (Å²) < 4.78 is 12.6. The standard InChI is InChI=1S/C34H38O2/c1-6-13-32(35-30-22-18-28(19-23-30)33(2,3)26-14-9-7-10-15-26)36-31-24-20-29(21-25-31)34(4,5)27-16-11-8-12-17-27/h7-12,14-25,32H,6,13H2,1-5H3. The number of hydrogen-bond donors (Lipinski definition) is 0. The van der Waals surface area contributed by atoms with Gasteiger partial charge in [0.1, 0.15) is 11.5 Å². The van der Waals surface area contributed by atoms with Gasteiger partial charge in [-0.1, -0.05) is 120 Å². The number of rotatable bonds is 10. The van der Waals surface area contributed by atoms with Crippen molar-refractivity contribution in [2.24, 2.45) is 0 Å². The quantitative estimate of drug-likeness (QED) is 0.212. The van der Waals surface area contributed by atoms with Gasteiger partial charge in [0.15, 0.2) is 0 Å². The average Bonchev–Trinajstić information content (AvgIpc) is 2.90. The SMILES string of the molecule is CCCC(Oc1ccc(C(C)(C)c2ccccc2)cc1)Oc1ccc(C(C)(C)c2ccccc2)cc1. The second-order valence-electron chi connectivity index (χ2n) is 10.5. The Kier molecular flexibility index (Phi) is 7.84. The smallest absolute Gasteiger partial charge is 0.241 e. The summed E-state index contributed by atoms with van der Waals surface area (Å²) in [6.45, 7) is 11.2. The van der Waals surface area contributed by atoms with Crippen molar-refractivity contribution in [2.45, 2.75) is 64.6 Å². The number of hydrogen-bond acceptors (Lipinski definition) is 2. The van der Waals surface area contributed by atoms with Crippen molar-refractivity contribution in [3.05, 3.63) is 131 Å². The van der Waals surface area contributed by atoms with Crippen molar-refractivity contribution in [3.63, 3.8) is 0 Å². The van der Waals surface area contributed by atoms with Gasteiger partial charge in [-0.15, -0.1) is 0 Å². The van der Waals surface area contributed by atoms with Crippen LogP contribution in [0.25, 0.3) is 0 Å². The molecule has 36 heavy (non-hydrogen) atoms. The van der Waals surface area contributed by atoms with Crippen molar-refractivity contribution < 1.29 is 9.47 Å². The summed E-state index contributed by atoms with van der Waals surface area (Å²) in [7, 11) is 0. The Morgan fingerprint density at radius 3 is 1.17 bits per heavy atom. The Balaban J connectivity index is 1.44. The first-order chi connectivity index (χ1) is 17.3. The molecule has 0 aliphatic carbocycles. The molecule has 0 heterocycles. The normalized spacial score (nSPS) is 11.9. The minimum absolute atomic E-state index is 0.0750. The second-order valence-corrected chi connectivity index (χ2v) is 10.5. The van der Waals surface area contributed by atoms with E-state index in [9.17, 15) is 0 Å². The van der Waals surface area contributed by atoms with Gasteiger partial charge in [-0.05, 0) is 52.9 Å². The second kappa shape index (κ2) is 11.0. The maximum atomic E-state index is 6.28. The van der Waals surface area contributed by atoms with Crippen LogP contribution in [0.3, 0.4) is 0 Å². The largest absolute Gasteiger partial charge is 0.455 e. The van der Waals surface area contributed by atoms with Gasteiger partial charge in [-0.2, -0.15) is 0 Å². The van der Waals surface area contributed by atoms with E-state index >= 15 is 0 Å². The molecule has 0 aliphatic heterocycles. The minimum atomic E-state index is -0.337. The van der Waals surface area contributed by atoms with E-state index in [0.717, 1.165) is 24.3 Å². The fourth-order valence-corrected chi connectivity index (χ4v) is 4.62. The molecule has 0 amide bonds. The Labute approximate surface area is 216 Å². The molecule has 4 aromatic carbocycles. The van der Waals surface area contributed by atoms with Crippen LogP contribution < -0.4 is 9.47 Å². The summed E-state index contributed by atoms with van der Waals surface area (Å²) >= 11 is 0. The summed E-state index contributed by atoms with van der Waals surface area (Å²) in [6.07, 6.45) is 1.45. The zero-order valence-corrected chi connectivity index (χ0v) is 22.2. The molecule has 0 fully saturated rings. The van der Waals surface area contributed by atoms with Crippen LogP contribution in [0.4, 0.5) is 0 Å². The fraction of sp³-hybridized carbons (Fsp3) is 0.294. The molecule has 0 atom stereocenters. The third-order valence-corrected chi connectivity index (χ3v) is 7.20. The highest BCUT2D eigenvalue weighted by Gasteiger charge is 2.24. The zero-order chi connectivity index (χ0) is 25.6. The molecule has 0 aliphatic rings. The van der Waals surface area contributed by atoms with Gasteiger partial charge in [0.05, 0.1) is 0 Å². The molecular formula is C34H38O2. The molecule has 0 radical (unpaired) electrons. The summed E-state index contributed by atoms with van der Waals surface area (Å²) in [5.74, 6) is 1.64. The highest BCUT2D eigenvalue weighted by molar-refractivity contribution is 5.41. The Bertz CT molecular complexity index is 1110. The molecule has 2 nitrogen and oxygen atoms in total. The van der Waals surface area contributed by atoms with E-state index in [0.29, 0.717) is 0 Å². The maximum absolute atomic E-state index is 6.28. The van der Waals surface area contributed by atoms with Crippen LogP contribution in [0.1, 0.15) is 69.7 Å². The van der Waals surface area contributed by atoms with Crippen molar-refractivity contribution in [1.82, 2.24) is 0 Å². The molecule has 0 bridgehead atoms. The van der Waals surface area contributed by atoms with E-state index in [1.807, 2.05) is 0 Å². The van der Waals surface area contributed by atoms with E-state index in [4.69, 9.17) is 9.47 Å². The van der Waals surface area contributed by atoms with Crippen LogP contribution in [0, 0.1) is 0 Å². The lowest BCUT2D eigenvalue weighted by atomic mass is 9.78. The van der Waals surface area contributed by atoms with Gasteiger partial charge in [0, 0.05) is 17.3 Å². The van der Waals surface area contributed by atoms with Gasteiger partial charge in [-0.25, -0.2) is 0 Å². The van der Waals surface area contributed by atoms with Crippen molar-refractivity contribution in [2.75, 3.05) is 0 Å². The molecule has 4 rings (SSSR count). The van der Waals surface area contributed by atoms with Crippen LogP contribution in [-0.2, 0) is 10.8 Å². The molecule has 0 saturated heterocycles. The van der Waals surface area contributed by atoms with E-state index in [-0.39, 0.29) is 17.1 Å². The van der Waals surface area contributed by atoms with Crippen molar-refractivity contribution >= 4 is 0 Å². The lowest BCUT2D eigenvalue weighted by Crippen LogP contribution is -2.24. The molecule has 0 N–H and O–H groups in total. The van der Waals surface area contributed by atoms with Crippen LogP contribution in [-0.4, -0.2) is 6.29 Å². The lowest BCUT2D eigenvalue weighted by Gasteiger charge is -2.27. The predicted octanol–water partition coefficient (Wildman–Crippen LogP) is 8.92. The molecule has 4 aromatic rings. The van der Waals surface area contributed by atoms with Crippen molar-refractivity contribution in [3.8, 4) is 11.5 Å². The van der Waals surface area contributed by atoms with Gasteiger partial charge in [0.25, 0.3) is 0 Å². The van der Waals surface area contributed by atoms with E-state index in [1.54, 1.807) is 0 Å². The molecule has 0 saturated carbocycles. The Morgan fingerprint density at radius 1 is 0.500 bits per heavy atom. The zero-order valence-electron chi connectivity index (χ0n) is 22.2. The highest BCUT2D eigenvalue weighted by Crippen LogP contribution is 2.34. The topological polar surface area (TPSA) is 18.5 Å². The van der Waals surface area contributed by atoms with Gasteiger partial charge < -0.3 is 9.47 Å². The van der Waals surface area contributed by atoms with E-state index in [2.05, 4.69) is 144 Å². The first kappa shape index (κ1) is 25.6. The highest BCUT2D eigenvalue weighted by atomic mass is 16.7. The molecule has 2 heteroatoms. The number of ether oxygens (including phenoxy) is 2. The third-order valence-electron chi connectivity index (χ3n) is 7.20. The monoisotopic (exact) mass is 478 g/mol. The minimum Gasteiger partial charge on any atom is -0.455 e. The van der Waals surface area contributed by atoms with Gasteiger partial charge >= 0.3 is 0 Å². The first-order valence-corrected chi connectivity index (χ1v) is 13.0. The summed E-state index contributed by atoms with van der Waals surface area (Å²) in [5, 5.41) is 0. The maximum Gasteiger partial charge on any atom is 0.241 e. The van der Waals surface area contributed by atoms with Gasteiger partial charge in [-0.3, -0.25) is 0 Å².